The van der Waals surface area contributed by atoms with Crippen molar-refractivity contribution in [3.05, 3.63) is 68.9 Å². The molecule has 0 atom stereocenters. The highest BCUT2D eigenvalue weighted by atomic mass is 35.5. The molecule has 0 unspecified atom stereocenters. The number of aryl methyl sites for hydroxylation is 1. The first kappa shape index (κ1) is 20.5. The molecular weight excluding hydrogens is 432 g/mol. The Bertz CT molecular complexity index is 1420. The molecule has 1 N–H and O–H groups in total. The summed E-state index contributed by atoms with van der Waals surface area (Å²) in [6.45, 7) is 2.75. The number of nitrogens with zero attached hydrogens (tertiary/aromatic N) is 4. The Morgan fingerprint density at radius 3 is 2.88 bits per heavy atom. The maximum Gasteiger partial charge on any atom is 0.309 e. The van der Waals surface area contributed by atoms with Crippen LogP contribution in [0.4, 0.5) is 0 Å². The van der Waals surface area contributed by atoms with Gasteiger partial charge < -0.3 is 14.2 Å². The predicted octanol–water partition coefficient (Wildman–Crippen LogP) is 3.47. The Morgan fingerprint density at radius 2 is 2.12 bits per heavy atom. The van der Waals surface area contributed by atoms with Gasteiger partial charge in [0.2, 0.25) is 5.43 Å². The number of carbonyl (C=O) groups is 1. The van der Waals surface area contributed by atoms with E-state index in [-0.39, 0.29) is 17.7 Å². The summed E-state index contributed by atoms with van der Waals surface area (Å²) in [5.41, 5.74) is 2.41. The summed E-state index contributed by atoms with van der Waals surface area (Å²) in [6, 6.07) is 7.23. The van der Waals surface area contributed by atoms with E-state index in [0.717, 1.165) is 5.56 Å². The number of ether oxygens (including phenoxy) is 1. The first-order valence-corrected chi connectivity index (χ1v) is 10.8. The summed E-state index contributed by atoms with van der Waals surface area (Å²) >= 11 is 6.37. The number of pyridine rings is 1. The Kier molecular flexibility index (Phi) is 5.09. The lowest BCUT2D eigenvalue weighted by atomic mass is 10.1. The van der Waals surface area contributed by atoms with Crippen LogP contribution in [-0.2, 0) is 17.8 Å². The van der Waals surface area contributed by atoms with Crippen molar-refractivity contribution in [3.63, 3.8) is 0 Å². The molecule has 1 saturated carbocycles. The topological polar surface area (TPSA) is 98.7 Å². The summed E-state index contributed by atoms with van der Waals surface area (Å²) in [4.78, 5) is 28.7. The lowest BCUT2D eigenvalue weighted by molar-refractivity contribution is -0.136. The largest absolute Gasteiger partial charge is 0.490 e. The van der Waals surface area contributed by atoms with Gasteiger partial charge >= 0.3 is 5.97 Å². The Balaban J connectivity index is 1.54. The van der Waals surface area contributed by atoms with Crippen molar-refractivity contribution in [2.75, 3.05) is 6.61 Å². The van der Waals surface area contributed by atoms with Gasteiger partial charge in [0.25, 0.3) is 0 Å². The zero-order valence-electron chi connectivity index (χ0n) is 17.4. The molecule has 3 aromatic heterocycles. The SMILES string of the molecule is Cc1cccc2c1c(=O)c(CC(=O)O)nn2Cc1cn2cc(OCC3CC3)c(Cl)cc2n1. The molecular formula is C23H21ClN4O4. The number of carboxylic acid groups (broad SMARTS) is 1. The van der Waals surface area contributed by atoms with Crippen molar-refractivity contribution in [2.45, 2.75) is 32.7 Å². The van der Waals surface area contributed by atoms with Gasteiger partial charge in [-0.1, -0.05) is 23.7 Å². The number of hydrogen-bond acceptors (Lipinski definition) is 5. The second-order valence-corrected chi connectivity index (χ2v) is 8.62. The van der Waals surface area contributed by atoms with Crippen LogP contribution < -0.4 is 10.2 Å². The number of rotatable bonds is 7. The number of aromatic nitrogens is 4. The molecule has 9 heteroatoms. The minimum atomic E-state index is -1.10. The molecule has 0 aliphatic heterocycles. The number of fused-ring (bicyclic) bond motifs is 2. The molecule has 1 fully saturated rings. The van der Waals surface area contributed by atoms with Gasteiger partial charge in [-0.2, -0.15) is 5.10 Å². The van der Waals surface area contributed by atoms with E-state index in [1.165, 1.54) is 12.8 Å². The van der Waals surface area contributed by atoms with Crippen LogP contribution in [0.25, 0.3) is 16.6 Å². The van der Waals surface area contributed by atoms with Crippen LogP contribution in [-0.4, -0.2) is 36.8 Å². The number of halogens is 1. The monoisotopic (exact) mass is 452 g/mol. The molecule has 32 heavy (non-hydrogen) atoms. The van der Waals surface area contributed by atoms with E-state index in [9.17, 15) is 14.7 Å². The van der Waals surface area contributed by atoms with Crippen molar-refractivity contribution in [2.24, 2.45) is 5.92 Å². The van der Waals surface area contributed by atoms with Crippen LogP contribution in [0.3, 0.4) is 0 Å². The number of benzene rings is 1. The van der Waals surface area contributed by atoms with E-state index >= 15 is 0 Å². The van der Waals surface area contributed by atoms with Gasteiger partial charge in [-0.05, 0) is 37.3 Å². The van der Waals surface area contributed by atoms with Crippen LogP contribution >= 0.6 is 11.6 Å². The third-order valence-corrected chi connectivity index (χ3v) is 5.92. The van der Waals surface area contributed by atoms with Crippen LogP contribution in [0.15, 0.2) is 41.5 Å². The molecule has 1 aliphatic rings. The fourth-order valence-corrected chi connectivity index (χ4v) is 4.00. The zero-order chi connectivity index (χ0) is 22.4. The zero-order valence-corrected chi connectivity index (χ0v) is 18.2. The van der Waals surface area contributed by atoms with Gasteiger partial charge in [-0.25, -0.2) is 4.98 Å². The Labute approximate surface area is 188 Å². The van der Waals surface area contributed by atoms with E-state index in [0.29, 0.717) is 45.5 Å². The van der Waals surface area contributed by atoms with Crippen LogP contribution in [0.5, 0.6) is 5.75 Å². The smallest absolute Gasteiger partial charge is 0.309 e. The van der Waals surface area contributed by atoms with E-state index < -0.39 is 12.4 Å². The molecule has 0 bridgehead atoms. The van der Waals surface area contributed by atoms with Crippen LogP contribution in [0, 0.1) is 12.8 Å². The molecule has 5 rings (SSSR count). The standard InChI is InChI=1S/C23H21ClN4O4/c1-13-3-2-4-18-22(13)23(31)17(8-21(29)30)26-28(18)10-15-9-27-11-19(32-12-14-5-6-14)16(24)7-20(27)25-15/h2-4,7,9,11,14H,5-6,8,10,12H2,1H3,(H,29,30). The highest BCUT2D eigenvalue weighted by molar-refractivity contribution is 6.32. The normalized spacial score (nSPS) is 13.7. The summed E-state index contributed by atoms with van der Waals surface area (Å²) in [6.07, 6.45) is 5.62. The summed E-state index contributed by atoms with van der Waals surface area (Å²) in [5.74, 6) is 0.125. The van der Waals surface area contributed by atoms with Gasteiger partial charge in [0.15, 0.2) is 5.75 Å². The van der Waals surface area contributed by atoms with Crippen molar-refractivity contribution in [1.82, 2.24) is 19.2 Å². The maximum atomic E-state index is 12.8. The second kappa shape index (κ2) is 7.94. The van der Waals surface area contributed by atoms with Crippen LogP contribution in [0.2, 0.25) is 5.02 Å². The number of aliphatic carboxylic acids is 1. The third kappa shape index (κ3) is 3.93. The van der Waals surface area contributed by atoms with Gasteiger partial charge in [0.1, 0.15) is 11.3 Å². The molecule has 8 nitrogen and oxygen atoms in total. The Hall–Kier alpha value is -3.39. The maximum absolute atomic E-state index is 12.8. The highest BCUT2D eigenvalue weighted by Gasteiger charge is 2.22. The van der Waals surface area contributed by atoms with E-state index in [1.807, 2.05) is 35.9 Å². The fraction of sp³-hybridized carbons (Fsp3) is 0.304. The summed E-state index contributed by atoms with van der Waals surface area (Å²) < 4.78 is 9.32. The third-order valence-electron chi connectivity index (χ3n) is 5.62. The first-order valence-electron chi connectivity index (χ1n) is 10.4. The van der Waals surface area contributed by atoms with Crippen LogP contribution in [0.1, 0.15) is 29.8 Å². The van der Waals surface area contributed by atoms with Gasteiger partial charge in [-0.15, -0.1) is 0 Å². The van der Waals surface area contributed by atoms with Gasteiger partial charge in [-0.3, -0.25) is 14.3 Å². The number of imidazole rings is 1. The van der Waals surface area contributed by atoms with E-state index in [2.05, 4.69) is 10.1 Å². The molecule has 3 heterocycles. The molecule has 4 aromatic rings. The number of carboxylic acids is 1. The molecule has 1 aliphatic carbocycles. The molecule has 1 aromatic carbocycles. The highest BCUT2D eigenvalue weighted by Crippen LogP contribution is 2.32. The summed E-state index contributed by atoms with van der Waals surface area (Å²) in [5, 5.41) is 14.6. The van der Waals surface area contributed by atoms with Crippen molar-refractivity contribution in [1.29, 1.82) is 0 Å². The molecule has 164 valence electrons. The average Bonchev–Trinajstić information content (AvgIpc) is 3.49. The van der Waals surface area contributed by atoms with Crippen molar-refractivity contribution in [3.8, 4) is 5.75 Å². The second-order valence-electron chi connectivity index (χ2n) is 8.21. The molecule has 0 saturated heterocycles. The van der Waals surface area contributed by atoms with E-state index in [4.69, 9.17) is 16.3 Å². The Morgan fingerprint density at radius 1 is 1.31 bits per heavy atom. The lowest BCUT2D eigenvalue weighted by Gasteiger charge is -2.12. The van der Waals surface area contributed by atoms with Gasteiger partial charge in [0, 0.05) is 12.3 Å². The molecule has 0 amide bonds. The van der Waals surface area contributed by atoms with Crippen molar-refractivity contribution >= 4 is 34.1 Å². The molecule has 0 spiro atoms. The molecule has 0 radical (unpaired) electrons. The number of hydrogen-bond donors (Lipinski definition) is 1. The predicted molar refractivity (Wildman–Crippen MR) is 120 cm³/mol. The fourth-order valence-electron chi connectivity index (χ4n) is 3.80. The minimum Gasteiger partial charge on any atom is -0.490 e. The summed E-state index contributed by atoms with van der Waals surface area (Å²) in [7, 11) is 0. The first-order chi connectivity index (χ1) is 15.4. The quantitative estimate of drug-likeness (QED) is 0.461. The van der Waals surface area contributed by atoms with Gasteiger partial charge in [0.05, 0.1) is 47.4 Å². The van der Waals surface area contributed by atoms with Crippen molar-refractivity contribution < 1.29 is 14.6 Å². The van der Waals surface area contributed by atoms with E-state index in [1.54, 1.807) is 16.8 Å². The lowest BCUT2D eigenvalue weighted by Crippen LogP contribution is -2.22. The minimum absolute atomic E-state index is 0.00173. The average molecular weight is 453 g/mol.